The molecule has 1 N–H and O–H groups in total. The molecule has 2 heterocycles. The molecule has 4 rings (SSSR count). The summed E-state index contributed by atoms with van der Waals surface area (Å²) < 4.78 is 10.6. The van der Waals surface area contributed by atoms with Crippen molar-refractivity contribution in [3.05, 3.63) is 52.9 Å². The minimum Gasteiger partial charge on any atom is -0.465 e. The summed E-state index contributed by atoms with van der Waals surface area (Å²) in [7, 11) is 1.35. The number of thioether (sulfide) groups is 1. The normalized spacial score (nSPS) is 13.3. The van der Waals surface area contributed by atoms with Gasteiger partial charge < -0.3 is 9.26 Å². The lowest BCUT2D eigenvalue weighted by Crippen LogP contribution is -2.11. The maximum absolute atomic E-state index is 12.2. The molecule has 0 unspecified atom stereocenters. The number of anilines is 1. The first-order valence-electron chi connectivity index (χ1n) is 8.54. The van der Waals surface area contributed by atoms with Crippen LogP contribution in [0.5, 0.6) is 0 Å². The highest BCUT2D eigenvalue weighted by molar-refractivity contribution is 8.00. The van der Waals surface area contributed by atoms with E-state index in [4.69, 9.17) is 4.52 Å². The number of benzene rings is 1. The first-order chi connectivity index (χ1) is 13.6. The number of hydrogen-bond acceptors (Lipinski definition) is 9. The summed E-state index contributed by atoms with van der Waals surface area (Å²) in [5.74, 6) is 1.11. The minimum absolute atomic E-state index is 0.247. The van der Waals surface area contributed by atoms with Crippen molar-refractivity contribution in [2.24, 2.45) is 0 Å². The maximum Gasteiger partial charge on any atom is 0.337 e. The van der Waals surface area contributed by atoms with Gasteiger partial charge in [-0.2, -0.15) is 0 Å². The number of amides is 1. The molecule has 0 bridgehead atoms. The fourth-order valence-corrected chi connectivity index (χ4v) is 4.14. The van der Waals surface area contributed by atoms with Crippen molar-refractivity contribution in [2.75, 3.05) is 12.4 Å². The first-order valence-corrected chi connectivity index (χ1v) is 10.3. The molecule has 1 aliphatic rings. The molecule has 0 saturated heterocycles. The third-order valence-electron chi connectivity index (χ3n) is 4.11. The SMILES string of the molecule is COC(=O)c1ccc(CSc2nnc(NC(=O)c3cc(C4CC4)on3)s2)cc1. The molecule has 0 aliphatic heterocycles. The maximum atomic E-state index is 12.2. The fourth-order valence-electron chi connectivity index (χ4n) is 2.44. The molecule has 10 heteroatoms. The Balaban J connectivity index is 1.31. The van der Waals surface area contributed by atoms with Gasteiger partial charge >= 0.3 is 5.97 Å². The predicted molar refractivity (Wildman–Crippen MR) is 104 cm³/mol. The Kier molecular flexibility index (Phi) is 5.40. The van der Waals surface area contributed by atoms with Gasteiger partial charge in [0.05, 0.1) is 12.7 Å². The number of ether oxygens (including phenoxy) is 1. The van der Waals surface area contributed by atoms with Crippen LogP contribution in [0.2, 0.25) is 0 Å². The molecule has 8 nitrogen and oxygen atoms in total. The quantitative estimate of drug-likeness (QED) is 0.353. The van der Waals surface area contributed by atoms with Crippen LogP contribution in [0.1, 0.15) is 50.9 Å². The Morgan fingerprint density at radius 2 is 2.07 bits per heavy atom. The highest BCUT2D eigenvalue weighted by Gasteiger charge is 2.29. The van der Waals surface area contributed by atoms with E-state index >= 15 is 0 Å². The molecule has 3 aromatic rings. The molecule has 28 heavy (non-hydrogen) atoms. The monoisotopic (exact) mass is 416 g/mol. The van der Waals surface area contributed by atoms with Crippen LogP contribution in [0, 0.1) is 0 Å². The average molecular weight is 416 g/mol. The van der Waals surface area contributed by atoms with E-state index in [1.807, 2.05) is 12.1 Å². The number of nitrogens with one attached hydrogen (secondary N) is 1. The van der Waals surface area contributed by atoms with Gasteiger partial charge in [-0.05, 0) is 30.5 Å². The summed E-state index contributed by atoms with van der Waals surface area (Å²) in [6, 6.07) is 8.86. The van der Waals surface area contributed by atoms with Gasteiger partial charge in [-0.25, -0.2) is 4.79 Å². The zero-order chi connectivity index (χ0) is 19.5. The van der Waals surface area contributed by atoms with E-state index < -0.39 is 0 Å². The predicted octanol–water partition coefficient (Wildman–Crippen LogP) is 3.73. The lowest BCUT2D eigenvalue weighted by molar-refractivity contribution is 0.0600. The van der Waals surface area contributed by atoms with Crippen LogP contribution in [0.25, 0.3) is 0 Å². The molecule has 1 saturated carbocycles. The summed E-state index contributed by atoms with van der Waals surface area (Å²) in [5.41, 5.74) is 1.79. The summed E-state index contributed by atoms with van der Waals surface area (Å²) in [4.78, 5) is 23.7. The van der Waals surface area contributed by atoms with Crippen molar-refractivity contribution in [3.8, 4) is 0 Å². The van der Waals surface area contributed by atoms with Crippen molar-refractivity contribution in [1.82, 2.24) is 15.4 Å². The number of rotatable bonds is 7. The van der Waals surface area contributed by atoms with Crippen LogP contribution in [-0.4, -0.2) is 34.3 Å². The third-order valence-corrected chi connectivity index (χ3v) is 6.15. The molecule has 0 radical (unpaired) electrons. The summed E-state index contributed by atoms with van der Waals surface area (Å²) in [5, 5.41) is 15.0. The van der Waals surface area contributed by atoms with Crippen LogP contribution in [0.3, 0.4) is 0 Å². The van der Waals surface area contributed by atoms with E-state index in [1.165, 1.54) is 30.2 Å². The van der Waals surface area contributed by atoms with E-state index in [-0.39, 0.29) is 17.6 Å². The smallest absolute Gasteiger partial charge is 0.337 e. The van der Waals surface area contributed by atoms with E-state index in [0.29, 0.717) is 22.4 Å². The number of carbonyl (C=O) groups excluding carboxylic acids is 2. The van der Waals surface area contributed by atoms with Crippen molar-refractivity contribution in [3.63, 3.8) is 0 Å². The Hall–Kier alpha value is -2.72. The molecule has 1 aromatic carbocycles. The number of carbonyl (C=O) groups is 2. The minimum atomic E-state index is -0.361. The number of esters is 1. The lowest BCUT2D eigenvalue weighted by atomic mass is 10.1. The molecule has 1 aliphatic carbocycles. The highest BCUT2D eigenvalue weighted by Crippen LogP contribution is 2.40. The summed E-state index contributed by atoms with van der Waals surface area (Å²) >= 11 is 2.79. The van der Waals surface area contributed by atoms with Gasteiger partial charge in [-0.1, -0.05) is 40.4 Å². The van der Waals surface area contributed by atoms with Gasteiger partial charge in [0, 0.05) is 17.7 Å². The molecule has 2 aromatic heterocycles. The Morgan fingerprint density at radius 3 is 2.79 bits per heavy atom. The molecular weight excluding hydrogens is 400 g/mol. The van der Waals surface area contributed by atoms with Crippen molar-refractivity contribution >= 4 is 40.1 Å². The highest BCUT2D eigenvalue weighted by atomic mass is 32.2. The van der Waals surface area contributed by atoms with Crippen LogP contribution in [0.4, 0.5) is 5.13 Å². The third kappa shape index (κ3) is 4.39. The average Bonchev–Trinajstić information content (AvgIpc) is 3.27. The zero-order valence-electron chi connectivity index (χ0n) is 14.9. The van der Waals surface area contributed by atoms with E-state index in [1.54, 1.807) is 18.2 Å². The van der Waals surface area contributed by atoms with Crippen LogP contribution in [-0.2, 0) is 10.5 Å². The second-order valence-electron chi connectivity index (χ2n) is 6.19. The van der Waals surface area contributed by atoms with Crippen molar-refractivity contribution in [1.29, 1.82) is 0 Å². The number of nitrogens with zero attached hydrogens (tertiary/aromatic N) is 3. The number of aromatic nitrogens is 3. The van der Waals surface area contributed by atoms with Crippen molar-refractivity contribution in [2.45, 2.75) is 28.9 Å². The fraction of sp³-hybridized carbons (Fsp3) is 0.278. The van der Waals surface area contributed by atoms with E-state index in [2.05, 4.69) is 25.4 Å². The first kappa shape index (κ1) is 18.6. The molecule has 0 spiro atoms. The van der Waals surface area contributed by atoms with Crippen LogP contribution >= 0.6 is 23.1 Å². The largest absolute Gasteiger partial charge is 0.465 e. The van der Waals surface area contributed by atoms with Crippen LogP contribution < -0.4 is 5.32 Å². The standard InChI is InChI=1S/C18H16N4O4S2/c1-25-16(24)12-4-2-10(3-5-12)9-27-18-21-20-17(28-18)19-15(23)13-8-14(26-22-13)11-6-7-11/h2-5,8,11H,6-7,9H2,1H3,(H,19,20,23). The van der Waals surface area contributed by atoms with Gasteiger partial charge in [0.2, 0.25) is 5.13 Å². The van der Waals surface area contributed by atoms with Gasteiger partial charge in [0.25, 0.3) is 5.91 Å². The van der Waals surface area contributed by atoms with E-state index in [9.17, 15) is 9.59 Å². The van der Waals surface area contributed by atoms with Gasteiger partial charge in [0.15, 0.2) is 10.0 Å². The van der Waals surface area contributed by atoms with E-state index in [0.717, 1.165) is 28.5 Å². The Labute approximate surface area is 168 Å². The molecule has 1 amide bonds. The Bertz CT molecular complexity index is 995. The summed E-state index contributed by atoms with van der Waals surface area (Å²) in [6.07, 6.45) is 2.16. The molecule has 144 valence electrons. The Morgan fingerprint density at radius 1 is 1.29 bits per heavy atom. The second-order valence-corrected chi connectivity index (χ2v) is 8.39. The summed E-state index contributed by atoms with van der Waals surface area (Å²) in [6.45, 7) is 0. The van der Waals surface area contributed by atoms with Gasteiger partial charge in [-0.15, -0.1) is 10.2 Å². The molecule has 1 fully saturated rings. The van der Waals surface area contributed by atoms with Crippen molar-refractivity contribution < 1.29 is 18.8 Å². The number of hydrogen-bond donors (Lipinski definition) is 1. The topological polar surface area (TPSA) is 107 Å². The second kappa shape index (κ2) is 8.11. The van der Waals surface area contributed by atoms with Gasteiger partial charge in [-0.3, -0.25) is 10.1 Å². The zero-order valence-corrected chi connectivity index (χ0v) is 16.5. The number of methoxy groups -OCH3 is 1. The van der Waals surface area contributed by atoms with Crippen LogP contribution in [0.15, 0.2) is 39.2 Å². The van der Waals surface area contributed by atoms with Gasteiger partial charge in [0.1, 0.15) is 5.76 Å². The molecule has 0 atom stereocenters. The molecular formula is C18H16N4O4S2. The lowest BCUT2D eigenvalue weighted by Gasteiger charge is -2.01.